The quantitative estimate of drug-likeness (QED) is 0.873. The fourth-order valence-electron chi connectivity index (χ4n) is 2.85. The van der Waals surface area contributed by atoms with E-state index in [1.165, 1.54) is 4.88 Å². The Bertz CT molecular complexity index is 676. The Morgan fingerprint density at radius 2 is 2.04 bits per heavy atom. The average Bonchev–Trinajstić information content (AvgIpc) is 3.01. The van der Waals surface area contributed by atoms with Crippen LogP contribution in [-0.4, -0.2) is 41.7 Å². The summed E-state index contributed by atoms with van der Waals surface area (Å²) < 4.78 is 0. The van der Waals surface area contributed by atoms with Crippen molar-refractivity contribution in [3.05, 3.63) is 45.9 Å². The number of benzene rings is 1. The summed E-state index contributed by atoms with van der Waals surface area (Å²) in [5, 5.41) is 13.6. The van der Waals surface area contributed by atoms with Gasteiger partial charge in [-0.1, -0.05) is 0 Å². The highest BCUT2D eigenvalue weighted by Gasteiger charge is 2.17. The maximum absolute atomic E-state index is 12.2. The number of aryl methyl sites for hydroxylation is 1. The minimum absolute atomic E-state index is 0.0519. The molecular formula is C18H23N3O2S. The van der Waals surface area contributed by atoms with Gasteiger partial charge in [-0.25, -0.2) is 4.98 Å². The molecule has 0 radical (unpaired) electrons. The first-order valence-electron chi connectivity index (χ1n) is 8.34. The van der Waals surface area contributed by atoms with Crippen LogP contribution < -0.4 is 10.2 Å². The van der Waals surface area contributed by atoms with E-state index in [1.54, 1.807) is 11.3 Å². The average molecular weight is 345 g/mol. The van der Waals surface area contributed by atoms with E-state index in [2.05, 4.69) is 15.2 Å². The van der Waals surface area contributed by atoms with Gasteiger partial charge in [-0.3, -0.25) is 4.79 Å². The Hall–Kier alpha value is -1.92. The van der Waals surface area contributed by atoms with Crippen LogP contribution in [0, 0.1) is 6.92 Å². The van der Waals surface area contributed by atoms with Crippen LogP contribution in [0.25, 0.3) is 0 Å². The normalized spacial score (nSPS) is 15.5. The molecule has 1 fully saturated rings. The summed E-state index contributed by atoms with van der Waals surface area (Å²) >= 11 is 1.67. The number of aromatic nitrogens is 1. The molecule has 0 spiro atoms. The predicted octanol–water partition coefficient (Wildman–Crippen LogP) is 2.39. The largest absolute Gasteiger partial charge is 0.393 e. The Morgan fingerprint density at radius 3 is 2.67 bits per heavy atom. The summed E-state index contributed by atoms with van der Waals surface area (Å²) in [4.78, 5) is 19.9. The fraction of sp³-hybridized carbons (Fsp3) is 0.444. The van der Waals surface area contributed by atoms with Crippen molar-refractivity contribution in [1.29, 1.82) is 0 Å². The van der Waals surface area contributed by atoms with Crippen LogP contribution in [0.4, 0.5) is 5.69 Å². The van der Waals surface area contributed by atoms with Crippen LogP contribution >= 0.6 is 11.3 Å². The highest BCUT2D eigenvalue weighted by molar-refractivity contribution is 7.11. The van der Waals surface area contributed by atoms with Crippen LogP contribution in [0.2, 0.25) is 0 Å². The molecule has 5 nitrogen and oxygen atoms in total. The lowest BCUT2D eigenvalue weighted by atomic mass is 10.1. The Kier molecular flexibility index (Phi) is 5.48. The molecule has 0 bridgehead atoms. The second kappa shape index (κ2) is 7.77. The van der Waals surface area contributed by atoms with Crippen molar-refractivity contribution in [1.82, 2.24) is 10.3 Å². The molecule has 24 heavy (non-hydrogen) atoms. The lowest BCUT2D eigenvalue weighted by molar-refractivity contribution is 0.0954. The molecular weight excluding hydrogens is 322 g/mol. The van der Waals surface area contributed by atoms with Gasteiger partial charge in [-0.15, -0.1) is 11.3 Å². The van der Waals surface area contributed by atoms with E-state index in [1.807, 2.05) is 37.4 Å². The van der Waals surface area contributed by atoms with Gasteiger partial charge in [-0.2, -0.15) is 0 Å². The lowest BCUT2D eigenvalue weighted by Crippen LogP contribution is -2.35. The SMILES string of the molecule is Cc1cnc(CCNC(=O)c2ccc(N3CCC(O)CC3)cc2)s1. The number of carbonyl (C=O) groups is 1. The Labute approximate surface area is 146 Å². The second-order valence-corrected chi connectivity index (χ2v) is 7.45. The second-order valence-electron chi connectivity index (χ2n) is 6.14. The predicted molar refractivity (Wildman–Crippen MR) is 96.8 cm³/mol. The van der Waals surface area contributed by atoms with Gasteiger partial charge < -0.3 is 15.3 Å². The maximum atomic E-state index is 12.2. The van der Waals surface area contributed by atoms with E-state index >= 15 is 0 Å². The summed E-state index contributed by atoms with van der Waals surface area (Å²) in [6, 6.07) is 7.69. The number of nitrogens with one attached hydrogen (secondary N) is 1. The highest BCUT2D eigenvalue weighted by atomic mass is 32.1. The minimum Gasteiger partial charge on any atom is -0.393 e. The maximum Gasteiger partial charge on any atom is 0.251 e. The molecule has 1 aromatic carbocycles. The van der Waals surface area contributed by atoms with Crippen LogP contribution in [0.15, 0.2) is 30.5 Å². The van der Waals surface area contributed by atoms with Crippen molar-refractivity contribution >= 4 is 22.9 Å². The van der Waals surface area contributed by atoms with Crippen LogP contribution in [0.5, 0.6) is 0 Å². The molecule has 0 saturated carbocycles. The number of aliphatic hydroxyl groups excluding tert-OH is 1. The van der Waals surface area contributed by atoms with Gasteiger partial charge in [-0.05, 0) is 44.0 Å². The monoisotopic (exact) mass is 345 g/mol. The summed E-state index contributed by atoms with van der Waals surface area (Å²) in [6.07, 6.45) is 4.06. The van der Waals surface area contributed by atoms with Gasteiger partial charge in [0.25, 0.3) is 5.91 Å². The summed E-state index contributed by atoms with van der Waals surface area (Å²) in [6.45, 7) is 4.35. The van der Waals surface area contributed by atoms with Crippen LogP contribution in [0.3, 0.4) is 0 Å². The standard InChI is InChI=1S/C18H23N3O2S/c1-13-12-20-17(24-13)6-9-19-18(23)14-2-4-15(5-3-14)21-10-7-16(22)8-11-21/h2-5,12,16,22H,6-11H2,1H3,(H,19,23). The molecule has 1 aliphatic heterocycles. The minimum atomic E-state index is -0.173. The third-order valence-corrected chi connectivity index (χ3v) is 5.23. The van der Waals surface area contributed by atoms with E-state index in [-0.39, 0.29) is 12.0 Å². The number of hydrogen-bond donors (Lipinski definition) is 2. The molecule has 1 amide bonds. The summed E-state index contributed by atoms with van der Waals surface area (Å²) in [7, 11) is 0. The number of carbonyl (C=O) groups excluding carboxylic acids is 1. The van der Waals surface area contributed by atoms with Gasteiger partial charge in [0.15, 0.2) is 0 Å². The number of nitrogens with zero attached hydrogens (tertiary/aromatic N) is 2. The molecule has 6 heteroatoms. The van der Waals surface area contributed by atoms with Gasteiger partial charge >= 0.3 is 0 Å². The highest BCUT2D eigenvalue weighted by Crippen LogP contribution is 2.20. The zero-order chi connectivity index (χ0) is 16.9. The molecule has 1 saturated heterocycles. The van der Waals surface area contributed by atoms with E-state index in [0.29, 0.717) is 12.1 Å². The van der Waals surface area contributed by atoms with Gasteiger partial charge in [0.05, 0.1) is 11.1 Å². The number of thiazole rings is 1. The number of aliphatic hydroxyl groups is 1. The number of piperidine rings is 1. The van der Waals surface area contributed by atoms with Crippen molar-refractivity contribution < 1.29 is 9.90 Å². The number of hydrogen-bond acceptors (Lipinski definition) is 5. The van der Waals surface area contributed by atoms with Crippen molar-refractivity contribution in [2.75, 3.05) is 24.5 Å². The summed E-state index contributed by atoms with van der Waals surface area (Å²) in [5.41, 5.74) is 1.78. The molecule has 1 aliphatic rings. The molecule has 3 rings (SSSR count). The first-order valence-corrected chi connectivity index (χ1v) is 9.16. The van der Waals surface area contributed by atoms with Crippen LogP contribution in [0.1, 0.15) is 33.1 Å². The Balaban J connectivity index is 1.50. The van der Waals surface area contributed by atoms with E-state index in [4.69, 9.17) is 0 Å². The molecule has 128 valence electrons. The fourth-order valence-corrected chi connectivity index (χ4v) is 3.64. The number of anilines is 1. The molecule has 2 heterocycles. The zero-order valence-electron chi connectivity index (χ0n) is 13.9. The van der Waals surface area contributed by atoms with Crippen molar-refractivity contribution in [3.8, 4) is 0 Å². The van der Waals surface area contributed by atoms with Gasteiger partial charge in [0, 0.05) is 48.4 Å². The topological polar surface area (TPSA) is 65.5 Å². The van der Waals surface area contributed by atoms with Crippen molar-refractivity contribution in [2.45, 2.75) is 32.3 Å². The first-order chi connectivity index (χ1) is 11.6. The Morgan fingerprint density at radius 1 is 1.33 bits per heavy atom. The van der Waals surface area contributed by atoms with E-state index in [0.717, 1.165) is 43.0 Å². The molecule has 1 aromatic heterocycles. The van der Waals surface area contributed by atoms with Crippen LogP contribution in [-0.2, 0) is 6.42 Å². The smallest absolute Gasteiger partial charge is 0.251 e. The molecule has 2 aromatic rings. The molecule has 0 atom stereocenters. The molecule has 0 aliphatic carbocycles. The third kappa shape index (κ3) is 4.33. The zero-order valence-corrected chi connectivity index (χ0v) is 14.7. The molecule has 0 unspecified atom stereocenters. The van der Waals surface area contributed by atoms with E-state index < -0.39 is 0 Å². The van der Waals surface area contributed by atoms with E-state index in [9.17, 15) is 9.90 Å². The summed E-state index contributed by atoms with van der Waals surface area (Å²) in [5.74, 6) is -0.0519. The third-order valence-electron chi connectivity index (χ3n) is 4.25. The molecule has 2 N–H and O–H groups in total. The first kappa shape index (κ1) is 16.9. The number of amides is 1. The van der Waals surface area contributed by atoms with Gasteiger partial charge in [0.2, 0.25) is 0 Å². The lowest BCUT2D eigenvalue weighted by Gasteiger charge is -2.31. The van der Waals surface area contributed by atoms with Crippen molar-refractivity contribution in [2.24, 2.45) is 0 Å². The number of rotatable bonds is 5. The van der Waals surface area contributed by atoms with Gasteiger partial charge in [0.1, 0.15) is 0 Å². The van der Waals surface area contributed by atoms with Crippen molar-refractivity contribution in [3.63, 3.8) is 0 Å².